The van der Waals surface area contributed by atoms with Gasteiger partial charge in [0.15, 0.2) is 0 Å². The minimum Gasteiger partial charge on any atom is -0.535 e. The van der Waals surface area contributed by atoms with Crippen molar-refractivity contribution in [3.63, 3.8) is 0 Å². The lowest BCUT2D eigenvalue weighted by Gasteiger charge is -2.38. The van der Waals surface area contributed by atoms with Crippen molar-refractivity contribution in [1.29, 1.82) is 0 Å². The Bertz CT molecular complexity index is 1220. The number of amides is 2. The molecular weight excluding hydrogens is 474 g/mol. The van der Waals surface area contributed by atoms with E-state index in [1.165, 1.54) is 23.1 Å². The van der Waals surface area contributed by atoms with Crippen LogP contribution in [0, 0.1) is 18.7 Å². The summed E-state index contributed by atoms with van der Waals surface area (Å²) in [5.41, 5.74) is 6.13. The molecule has 0 saturated carbocycles. The highest BCUT2D eigenvalue weighted by Crippen LogP contribution is 2.37. The van der Waals surface area contributed by atoms with Crippen LogP contribution in [0.5, 0.6) is 5.75 Å². The van der Waals surface area contributed by atoms with Crippen molar-refractivity contribution in [3.8, 4) is 5.75 Å². The van der Waals surface area contributed by atoms with E-state index in [4.69, 9.17) is 19.9 Å². The van der Waals surface area contributed by atoms with Crippen molar-refractivity contribution in [2.75, 3.05) is 19.9 Å². The number of Topliss-reactive ketones (excluding diaryl/α,β-unsaturated/α-hetero) is 1. The van der Waals surface area contributed by atoms with Crippen LogP contribution in [-0.4, -0.2) is 60.7 Å². The second-order valence-corrected chi connectivity index (χ2v) is 8.84. The molecule has 2 aromatic rings. The SMILES string of the molecule is Cc1ccc(C(=O)OCOC(=O)c2cccc3c2OB(O)[C@@H](CC(=O)C2CN(C(N)=O)C2)C3)c(F)c1. The van der Waals surface area contributed by atoms with Gasteiger partial charge in [0.1, 0.15) is 22.9 Å². The number of nitrogens with zero attached hydrogens (tertiary/aromatic N) is 1. The Morgan fingerprint density at radius 3 is 2.50 bits per heavy atom. The Labute approximate surface area is 206 Å². The molecule has 0 radical (unpaired) electrons. The summed E-state index contributed by atoms with van der Waals surface area (Å²) in [6, 6.07) is 8.15. The number of carbonyl (C=O) groups is 4. The summed E-state index contributed by atoms with van der Waals surface area (Å²) in [6.45, 7) is 1.43. The maximum absolute atomic E-state index is 13.9. The van der Waals surface area contributed by atoms with E-state index in [9.17, 15) is 28.6 Å². The molecule has 12 heteroatoms. The topological polar surface area (TPSA) is 145 Å². The van der Waals surface area contributed by atoms with Crippen molar-refractivity contribution in [2.45, 2.75) is 25.6 Å². The number of para-hydroxylation sites is 1. The van der Waals surface area contributed by atoms with Gasteiger partial charge in [0.25, 0.3) is 0 Å². The van der Waals surface area contributed by atoms with E-state index in [1.807, 2.05) is 0 Å². The maximum atomic E-state index is 13.9. The highest BCUT2D eigenvalue weighted by atomic mass is 19.1. The van der Waals surface area contributed by atoms with Gasteiger partial charge >= 0.3 is 25.1 Å². The molecule has 36 heavy (non-hydrogen) atoms. The Kier molecular flexibility index (Phi) is 7.25. The van der Waals surface area contributed by atoms with E-state index in [1.54, 1.807) is 25.1 Å². The van der Waals surface area contributed by atoms with Crippen molar-refractivity contribution in [2.24, 2.45) is 11.7 Å². The summed E-state index contributed by atoms with van der Waals surface area (Å²) >= 11 is 0. The standard InChI is InChI=1S/C24H24BFN2O8/c1-13-5-6-17(19(26)7-13)22(30)34-12-35-23(31)18-4-2-3-14-8-16(25(33)36-21(14)18)9-20(29)15-10-28(11-15)24(27)32/h2-7,15-16,33H,8-12H2,1H3,(H2,27,32)/t16-/m1/s1. The monoisotopic (exact) mass is 498 g/mol. The molecule has 10 nitrogen and oxygen atoms in total. The highest BCUT2D eigenvalue weighted by molar-refractivity contribution is 6.47. The molecule has 4 rings (SSSR count). The van der Waals surface area contributed by atoms with Crippen LogP contribution in [-0.2, 0) is 20.7 Å². The van der Waals surface area contributed by atoms with E-state index in [2.05, 4.69) is 0 Å². The first kappa shape index (κ1) is 25.2. The maximum Gasteiger partial charge on any atom is 0.526 e. The zero-order valence-electron chi connectivity index (χ0n) is 19.4. The van der Waals surface area contributed by atoms with Gasteiger partial charge in [0, 0.05) is 25.3 Å². The van der Waals surface area contributed by atoms with Gasteiger partial charge in [-0.3, -0.25) is 4.79 Å². The molecular formula is C24H24BFN2O8. The Morgan fingerprint density at radius 2 is 1.83 bits per heavy atom. The van der Waals surface area contributed by atoms with Crippen molar-refractivity contribution >= 4 is 30.9 Å². The van der Waals surface area contributed by atoms with E-state index >= 15 is 0 Å². The number of likely N-dealkylation sites (tertiary alicyclic amines) is 1. The molecule has 2 aromatic carbocycles. The summed E-state index contributed by atoms with van der Waals surface area (Å²) in [4.78, 5) is 49.6. The molecule has 1 atom stereocenters. The number of hydrogen-bond donors (Lipinski definition) is 2. The number of carbonyl (C=O) groups excluding carboxylic acids is 4. The van der Waals surface area contributed by atoms with Crippen LogP contribution < -0.4 is 10.4 Å². The lowest BCUT2D eigenvalue weighted by Crippen LogP contribution is -2.55. The molecule has 3 N–H and O–H groups in total. The van der Waals surface area contributed by atoms with Gasteiger partial charge in [-0.15, -0.1) is 0 Å². The Balaban J connectivity index is 1.34. The number of benzene rings is 2. The number of rotatable bonds is 7. The quantitative estimate of drug-likeness (QED) is 0.334. The minimum absolute atomic E-state index is 0.00462. The fourth-order valence-electron chi connectivity index (χ4n) is 4.18. The third-order valence-corrected chi connectivity index (χ3v) is 6.28. The molecule has 0 spiro atoms. The summed E-state index contributed by atoms with van der Waals surface area (Å²) in [7, 11) is -1.34. The first-order chi connectivity index (χ1) is 17.1. The lowest BCUT2D eigenvalue weighted by molar-refractivity contribution is -0.126. The molecule has 2 amide bonds. The second-order valence-electron chi connectivity index (χ2n) is 8.84. The van der Waals surface area contributed by atoms with Gasteiger partial charge in [-0.25, -0.2) is 18.8 Å². The van der Waals surface area contributed by atoms with Gasteiger partial charge in [-0.05, 0) is 42.7 Å². The summed E-state index contributed by atoms with van der Waals surface area (Å²) in [6.07, 6.45) is 0.315. The summed E-state index contributed by atoms with van der Waals surface area (Å²) in [5, 5.41) is 10.5. The first-order valence-corrected chi connectivity index (χ1v) is 11.3. The average Bonchev–Trinajstić information content (AvgIpc) is 2.77. The zero-order valence-corrected chi connectivity index (χ0v) is 19.4. The lowest BCUT2D eigenvalue weighted by atomic mass is 9.63. The number of esters is 2. The largest absolute Gasteiger partial charge is 0.535 e. The van der Waals surface area contributed by atoms with Crippen LogP contribution in [0.2, 0.25) is 5.82 Å². The first-order valence-electron chi connectivity index (χ1n) is 11.3. The van der Waals surface area contributed by atoms with Crippen LogP contribution in [0.3, 0.4) is 0 Å². The van der Waals surface area contributed by atoms with Gasteiger partial charge in [-0.2, -0.15) is 0 Å². The smallest absolute Gasteiger partial charge is 0.526 e. The van der Waals surface area contributed by atoms with Gasteiger partial charge < -0.3 is 29.8 Å². The molecule has 2 aliphatic rings. The van der Waals surface area contributed by atoms with E-state index < -0.39 is 43.5 Å². The van der Waals surface area contributed by atoms with Crippen LogP contribution in [0.4, 0.5) is 9.18 Å². The average molecular weight is 498 g/mol. The number of aryl methyl sites for hydroxylation is 1. The third-order valence-electron chi connectivity index (χ3n) is 6.28. The molecule has 2 heterocycles. The number of ketones is 1. The number of urea groups is 1. The molecule has 0 unspecified atom stereocenters. The third kappa shape index (κ3) is 5.33. The molecule has 0 aromatic heterocycles. The number of ether oxygens (including phenoxy) is 2. The molecule has 2 aliphatic heterocycles. The van der Waals surface area contributed by atoms with Crippen LogP contribution in [0.25, 0.3) is 0 Å². The fourth-order valence-corrected chi connectivity index (χ4v) is 4.18. The van der Waals surface area contributed by atoms with Gasteiger partial charge in [0.2, 0.25) is 6.79 Å². The number of fused-ring (bicyclic) bond motifs is 1. The van der Waals surface area contributed by atoms with Crippen molar-refractivity contribution in [3.05, 3.63) is 64.5 Å². The summed E-state index contributed by atoms with van der Waals surface area (Å²) in [5.74, 6) is -3.47. The number of primary amides is 1. The molecule has 1 saturated heterocycles. The highest BCUT2D eigenvalue weighted by Gasteiger charge is 2.41. The fraction of sp³-hybridized carbons (Fsp3) is 0.333. The van der Waals surface area contributed by atoms with Gasteiger partial charge in [-0.1, -0.05) is 18.2 Å². The van der Waals surface area contributed by atoms with E-state index in [0.717, 1.165) is 0 Å². The minimum atomic E-state index is -1.34. The normalized spacial score (nSPS) is 16.9. The van der Waals surface area contributed by atoms with Crippen LogP contribution >= 0.6 is 0 Å². The second kappa shape index (κ2) is 10.4. The zero-order chi connectivity index (χ0) is 26.0. The Hall–Kier alpha value is -3.93. The van der Waals surface area contributed by atoms with Crippen molar-refractivity contribution < 1.29 is 42.7 Å². The number of halogens is 1. The number of nitrogens with two attached hydrogens (primary N) is 1. The van der Waals surface area contributed by atoms with Gasteiger partial charge in [0.05, 0.1) is 11.5 Å². The molecule has 0 bridgehead atoms. The summed E-state index contributed by atoms with van der Waals surface area (Å²) < 4.78 is 29.3. The predicted octanol–water partition coefficient (Wildman–Crippen LogP) is 1.86. The molecule has 0 aliphatic carbocycles. The van der Waals surface area contributed by atoms with Crippen LogP contribution in [0.1, 0.15) is 38.3 Å². The molecule has 188 valence electrons. The Morgan fingerprint density at radius 1 is 1.14 bits per heavy atom. The van der Waals surface area contributed by atoms with E-state index in [0.29, 0.717) is 11.1 Å². The van der Waals surface area contributed by atoms with Crippen LogP contribution in [0.15, 0.2) is 36.4 Å². The number of hydrogen-bond acceptors (Lipinski definition) is 8. The van der Waals surface area contributed by atoms with E-state index in [-0.39, 0.29) is 54.5 Å². The molecule has 1 fully saturated rings. The van der Waals surface area contributed by atoms with Crippen molar-refractivity contribution in [1.82, 2.24) is 4.90 Å². The predicted molar refractivity (Wildman–Crippen MR) is 124 cm³/mol.